The average Bonchev–Trinajstić information content (AvgIpc) is 2.24. The van der Waals surface area contributed by atoms with Gasteiger partial charge in [-0.25, -0.2) is 0 Å². The molecule has 0 atom stereocenters. The Labute approximate surface area is 100 Å². The monoisotopic (exact) mass is 237 g/mol. The summed E-state index contributed by atoms with van der Waals surface area (Å²) in [7, 11) is 1.73. The lowest BCUT2D eigenvalue weighted by atomic mass is 10.2. The molecule has 0 bridgehead atoms. The lowest BCUT2D eigenvalue weighted by Gasteiger charge is -2.16. The number of hydrogen-bond donors (Lipinski definition) is 1. The first-order valence-electron chi connectivity index (χ1n) is 4.96. The Morgan fingerprint density at radius 1 is 1.56 bits per heavy atom. The Kier molecular flexibility index (Phi) is 4.37. The average molecular weight is 237 g/mol. The first-order chi connectivity index (χ1) is 7.50. The zero-order valence-electron chi connectivity index (χ0n) is 9.43. The molecule has 0 aliphatic carbocycles. The molecule has 0 spiro atoms. The van der Waals surface area contributed by atoms with E-state index in [1.165, 1.54) is 0 Å². The predicted octanol–water partition coefficient (Wildman–Crippen LogP) is 1.14. The van der Waals surface area contributed by atoms with Gasteiger partial charge in [-0.15, -0.1) is 0 Å². The predicted molar refractivity (Wildman–Crippen MR) is 67.3 cm³/mol. The van der Waals surface area contributed by atoms with Crippen molar-refractivity contribution in [1.29, 1.82) is 0 Å². The Balaban J connectivity index is 2.67. The standard InChI is InChI=1S/C11H15N3OS/c1-8-5-9(7-13-6-8)11(15)14(2)4-3-10(12)16/h5-7H,3-4H2,1-2H3,(H2,12,16). The number of aryl methyl sites for hydroxylation is 1. The fourth-order valence-corrected chi connectivity index (χ4v) is 1.36. The highest BCUT2D eigenvalue weighted by Gasteiger charge is 2.11. The maximum Gasteiger partial charge on any atom is 0.255 e. The fraction of sp³-hybridized carbons (Fsp3) is 0.364. The van der Waals surface area contributed by atoms with Crippen molar-refractivity contribution in [1.82, 2.24) is 9.88 Å². The van der Waals surface area contributed by atoms with Crippen LogP contribution in [0, 0.1) is 6.92 Å². The van der Waals surface area contributed by atoms with Gasteiger partial charge in [-0.05, 0) is 18.6 Å². The maximum atomic E-state index is 11.9. The summed E-state index contributed by atoms with van der Waals surface area (Å²) in [5.74, 6) is -0.0625. The van der Waals surface area contributed by atoms with Crippen LogP contribution >= 0.6 is 12.2 Å². The summed E-state index contributed by atoms with van der Waals surface area (Å²) in [5, 5.41) is 0. The van der Waals surface area contributed by atoms with Gasteiger partial charge in [0.05, 0.1) is 10.6 Å². The number of carbonyl (C=O) groups excluding carboxylic acids is 1. The highest BCUT2D eigenvalue weighted by molar-refractivity contribution is 7.80. The molecule has 0 unspecified atom stereocenters. The van der Waals surface area contributed by atoms with Gasteiger partial charge < -0.3 is 10.6 Å². The molecular formula is C11H15N3OS. The quantitative estimate of drug-likeness (QED) is 0.798. The van der Waals surface area contributed by atoms with E-state index >= 15 is 0 Å². The molecule has 86 valence electrons. The number of aromatic nitrogens is 1. The van der Waals surface area contributed by atoms with Crippen molar-refractivity contribution >= 4 is 23.1 Å². The van der Waals surface area contributed by atoms with Crippen LogP contribution < -0.4 is 5.73 Å². The van der Waals surface area contributed by atoms with Crippen LogP contribution in [0.5, 0.6) is 0 Å². The number of carbonyl (C=O) groups is 1. The normalized spacial score (nSPS) is 9.88. The van der Waals surface area contributed by atoms with Crippen LogP contribution in [0.4, 0.5) is 0 Å². The van der Waals surface area contributed by atoms with E-state index in [1.807, 2.05) is 13.0 Å². The Morgan fingerprint density at radius 3 is 2.81 bits per heavy atom. The van der Waals surface area contributed by atoms with Crippen molar-refractivity contribution in [3.63, 3.8) is 0 Å². The first-order valence-corrected chi connectivity index (χ1v) is 5.37. The van der Waals surface area contributed by atoms with Crippen molar-refractivity contribution < 1.29 is 4.79 Å². The van der Waals surface area contributed by atoms with Crippen LogP contribution in [0.3, 0.4) is 0 Å². The summed E-state index contributed by atoms with van der Waals surface area (Å²) >= 11 is 4.77. The minimum atomic E-state index is -0.0625. The summed E-state index contributed by atoms with van der Waals surface area (Å²) in [4.78, 5) is 17.9. The Morgan fingerprint density at radius 2 is 2.25 bits per heavy atom. The van der Waals surface area contributed by atoms with E-state index in [9.17, 15) is 4.79 Å². The molecule has 16 heavy (non-hydrogen) atoms. The van der Waals surface area contributed by atoms with E-state index in [0.717, 1.165) is 5.56 Å². The van der Waals surface area contributed by atoms with Crippen molar-refractivity contribution in [3.05, 3.63) is 29.6 Å². The molecule has 0 fully saturated rings. The van der Waals surface area contributed by atoms with Gasteiger partial charge in [0, 0.05) is 32.4 Å². The number of nitrogens with two attached hydrogens (primary N) is 1. The second-order valence-corrected chi connectivity index (χ2v) is 4.22. The minimum absolute atomic E-state index is 0.0625. The van der Waals surface area contributed by atoms with Gasteiger partial charge in [-0.3, -0.25) is 9.78 Å². The smallest absolute Gasteiger partial charge is 0.255 e. The molecule has 1 heterocycles. The Hall–Kier alpha value is -1.49. The topological polar surface area (TPSA) is 59.2 Å². The van der Waals surface area contributed by atoms with Crippen molar-refractivity contribution in [2.24, 2.45) is 5.73 Å². The van der Waals surface area contributed by atoms with E-state index in [1.54, 1.807) is 24.3 Å². The molecule has 0 aliphatic rings. The number of rotatable bonds is 4. The van der Waals surface area contributed by atoms with Gasteiger partial charge in [0.25, 0.3) is 5.91 Å². The van der Waals surface area contributed by atoms with Gasteiger partial charge in [-0.2, -0.15) is 0 Å². The lowest BCUT2D eigenvalue weighted by molar-refractivity contribution is 0.0798. The molecule has 1 amide bonds. The van der Waals surface area contributed by atoms with Crippen molar-refractivity contribution in [2.45, 2.75) is 13.3 Å². The highest BCUT2D eigenvalue weighted by atomic mass is 32.1. The second kappa shape index (κ2) is 5.55. The second-order valence-electron chi connectivity index (χ2n) is 3.69. The molecule has 0 radical (unpaired) electrons. The van der Waals surface area contributed by atoms with Crippen molar-refractivity contribution in [2.75, 3.05) is 13.6 Å². The SMILES string of the molecule is Cc1cncc(C(=O)N(C)CCC(N)=S)c1. The third-order valence-corrected chi connectivity index (χ3v) is 2.37. The van der Waals surface area contributed by atoms with Crippen molar-refractivity contribution in [3.8, 4) is 0 Å². The van der Waals surface area contributed by atoms with Gasteiger partial charge in [-0.1, -0.05) is 12.2 Å². The molecule has 2 N–H and O–H groups in total. The number of thiocarbonyl (C=S) groups is 1. The Bertz CT molecular complexity index is 406. The molecule has 5 heteroatoms. The van der Waals surface area contributed by atoms with Crippen LogP contribution in [-0.4, -0.2) is 34.4 Å². The summed E-state index contributed by atoms with van der Waals surface area (Å²) in [6.07, 6.45) is 3.81. The molecule has 0 aliphatic heterocycles. The van der Waals surface area contributed by atoms with Crippen LogP contribution in [0.15, 0.2) is 18.5 Å². The van der Waals surface area contributed by atoms with Gasteiger partial charge in [0.2, 0.25) is 0 Å². The fourth-order valence-electron chi connectivity index (χ4n) is 1.27. The molecule has 1 aromatic heterocycles. The molecular weight excluding hydrogens is 222 g/mol. The van der Waals surface area contributed by atoms with Crippen LogP contribution in [-0.2, 0) is 0 Å². The molecule has 0 saturated heterocycles. The number of pyridine rings is 1. The van der Waals surface area contributed by atoms with E-state index in [0.29, 0.717) is 23.5 Å². The van der Waals surface area contributed by atoms with Crippen LogP contribution in [0.25, 0.3) is 0 Å². The summed E-state index contributed by atoms with van der Waals surface area (Å²) in [6.45, 7) is 2.43. The summed E-state index contributed by atoms with van der Waals surface area (Å²) in [6, 6.07) is 1.81. The van der Waals surface area contributed by atoms with E-state index in [4.69, 9.17) is 18.0 Å². The number of amides is 1. The minimum Gasteiger partial charge on any atom is -0.393 e. The van der Waals surface area contributed by atoms with E-state index < -0.39 is 0 Å². The lowest BCUT2D eigenvalue weighted by Crippen LogP contribution is -2.30. The van der Waals surface area contributed by atoms with E-state index in [-0.39, 0.29) is 5.91 Å². The molecule has 4 nitrogen and oxygen atoms in total. The first kappa shape index (κ1) is 12.6. The zero-order chi connectivity index (χ0) is 12.1. The summed E-state index contributed by atoms with van der Waals surface area (Å²) in [5.41, 5.74) is 6.94. The highest BCUT2D eigenvalue weighted by Crippen LogP contribution is 2.05. The molecule has 1 aromatic rings. The third-order valence-electron chi connectivity index (χ3n) is 2.16. The van der Waals surface area contributed by atoms with Gasteiger partial charge >= 0.3 is 0 Å². The zero-order valence-corrected chi connectivity index (χ0v) is 10.3. The van der Waals surface area contributed by atoms with Crippen LogP contribution in [0.1, 0.15) is 22.3 Å². The third kappa shape index (κ3) is 3.58. The largest absolute Gasteiger partial charge is 0.393 e. The molecule has 0 aromatic carbocycles. The van der Waals surface area contributed by atoms with Gasteiger partial charge in [0.15, 0.2) is 0 Å². The number of nitrogens with zero attached hydrogens (tertiary/aromatic N) is 2. The summed E-state index contributed by atoms with van der Waals surface area (Å²) < 4.78 is 0. The van der Waals surface area contributed by atoms with Crippen LogP contribution in [0.2, 0.25) is 0 Å². The maximum absolute atomic E-state index is 11.9. The number of hydrogen-bond acceptors (Lipinski definition) is 3. The molecule has 0 saturated carbocycles. The van der Waals surface area contributed by atoms with E-state index in [2.05, 4.69) is 4.98 Å². The van der Waals surface area contributed by atoms with Gasteiger partial charge in [0.1, 0.15) is 0 Å². The molecule has 1 rings (SSSR count).